The molecule has 7 nitrogen and oxygen atoms in total. The molecule has 0 spiro atoms. The van der Waals surface area contributed by atoms with Crippen molar-refractivity contribution < 1.29 is 23.8 Å². The Labute approximate surface area is 194 Å². The van der Waals surface area contributed by atoms with E-state index < -0.39 is 17.7 Å². The van der Waals surface area contributed by atoms with Gasteiger partial charge in [-0.1, -0.05) is 0 Å². The van der Waals surface area contributed by atoms with Gasteiger partial charge in [0.2, 0.25) is 0 Å². The zero-order valence-corrected chi connectivity index (χ0v) is 19.2. The number of aromatic carboxylic acids is 1. The molecule has 178 valence electrons. The number of amides is 1. The summed E-state index contributed by atoms with van der Waals surface area (Å²) in [6.45, 7) is 6.02. The number of piperidine rings is 1. The number of hydrogen-bond acceptors (Lipinski definition) is 5. The van der Waals surface area contributed by atoms with Gasteiger partial charge in [-0.15, -0.1) is 0 Å². The second-order valence-corrected chi connectivity index (χ2v) is 8.25. The summed E-state index contributed by atoms with van der Waals surface area (Å²) in [5.41, 5.74) is 1.48. The van der Waals surface area contributed by atoms with Crippen LogP contribution in [0.5, 0.6) is 0 Å². The molecule has 1 heterocycles. The van der Waals surface area contributed by atoms with Gasteiger partial charge in [-0.05, 0) is 75.7 Å². The van der Waals surface area contributed by atoms with Gasteiger partial charge in [0.25, 0.3) is 5.91 Å². The lowest BCUT2D eigenvalue weighted by atomic mass is 10.0. The van der Waals surface area contributed by atoms with E-state index in [1.54, 1.807) is 12.1 Å². The fraction of sp³-hybridized carbons (Fsp3) is 0.440. The van der Waals surface area contributed by atoms with E-state index in [9.17, 15) is 19.1 Å². The summed E-state index contributed by atoms with van der Waals surface area (Å²) in [5, 5.41) is 12.5. The summed E-state index contributed by atoms with van der Waals surface area (Å²) in [6, 6.07) is 10.6. The van der Waals surface area contributed by atoms with E-state index in [1.165, 1.54) is 30.3 Å². The minimum Gasteiger partial charge on any atom is -0.478 e. The molecule has 2 aromatic carbocycles. The van der Waals surface area contributed by atoms with Crippen LogP contribution in [0.15, 0.2) is 42.5 Å². The molecule has 0 aliphatic carbocycles. The Balaban J connectivity index is 1.62. The minimum absolute atomic E-state index is 0.149. The van der Waals surface area contributed by atoms with Crippen LogP contribution in [0.2, 0.25) is 0 Å². The Morgan fingerprint density at radius 3 is 2.52 bits per heavy atom. The highest BCUT2D eigenvalue weighted by Crippen LogP contribution is 2.28. The van der Waals surface area contributed by atoms with Crippen molar-refractivity contribution in [1.29, 1.82) is 0 Å². The van der Waals surface area contributed by atoms with Gasteiger partial charge in [-0.2, -0.15) is 0 Å². The smallest absolute Gasteiger partial charge is 0.337 e. The van der Waals surface area contributed by atoms with Crippen molar-refractivity contribution in [1.82, 2.24) is 4.90 Å². The van der Waals surface area contributed by atoms with E-state index in [-0.39, 0.29) is 5.56 Å². The lowest BCUT2D eigenvalue weighted by Crippen LogP contribution is -2.44. The molecular weight excluding hydrogens is 425 g/mol. The number of rotatable bonds is 10. The summed E-state index contributed by atoms with van der Waals surface area (Å²) in [6.07, 6.45) is 2.90. The van der Waals surface area contributed by atoms with E-state index >= 15 is 0 Å². The standard InChI is InChI=1S/C25H32FN3O4/c1-3-33-16-4-13-28(2)21-11-14-29(15-12-21)23-10-9-20(17-22(23)25(31)32)27-24(30)18-5-7-19(26)8-6-18/h5-10,17,21H,3-4,11-16H2,1-2H3,(H,27,30)(H,31,32). The zero-order valence-electron chi connectivity index (χ0n) is 19.2. The lowest BCUT2D eigenvalue weighted by Gasteiger charge is -2.38. The fourth-order valence-corrected chi connectivity index (χ4v) is 4.16. The van der Waals surface area contributed by atoms with Gasteiger partial charge in [0.15, 0.2) is 0 Å². The summed E-state index contributed by atoms with van der Waals surface area (Å²) in [7, 11) is 2.13. The Morgan fingerprint density at radius 2 is 1.88 bits per heavy atom. The molecule has 33 heavy (non-hydrogen) atoms. The van der Waals surface area contributed by atoms with Crippen molar-refractivity contribution >= 4 is 23.3 Å². The first kappa shape index (κ1) is 24.7. The fourth-order valence-electron chi connectivity index (χ4n) is 4.16. The summed E-state index contributed by atoms with van der Waals surface area (Å²) < 4.78 is 18.5. The first-order valence-electron chi connectivity index (χ1n) is 11.4. The van der Waals surface area contributed by atoms with E-state index in [0.717, 1.165) is 52.1 Å². The number of nitrogens with zero attached hydrogens (tertiary/aromatic N) is 2. The third-order valence-electron chi connectivity index (χ3n) is 6.02. The zero-order chi connectivity index (χ0) is 23.8. The van der Waals surface area contributed by atoms with Crippen molar-refractivity contribution in [3.05, 3.63) is 59.4 Å². The van der Waals surface area contributed by atoms with Crippen LogP contribution in [-0.4, -0.2) is 67.8 Å². The third kappa shape index (κ3) is 6.76. The van der Waals surface area contributed by atoms with Crippen LogP contribution in [0.4, 0.5) is 15.8 Å². The highest BCUT2D eigenvalue weighted by molar-refractivity contribution is 6.05. The lowest BCUT2D eigenvalue weighted by molar-refractivity contribution is 0.0697. The topological polar surface area (TPSA) is 82.1 Å². The van der Waals surface area contributed by atoms with Gasteiger partial charge in [0.05, 0.1) is 11.3 Å². The van der Waals surface area contributed by atoms with Crippen molar-refractivity contribution in [2.75, 3.05) is 50.1 Å². The first-order chi connectivity index (χ1) is 15.9. The third-order valence-corrected chi connectivity index (χ3v) is 6.02. The molecule has 1 amide bonds. The number of nitrogens with one attached hydrogen (secondary N) is 1. The number of benzene rings is 2. The summed E-state index contributed by atoms with van der Waals surface area (Å²) >= 11 is 0. The Hall–Kier alpha value is -2.97. The van der Waals surface area contributed by atoms with Gasteiger partial charge in [-0.3, -0.25) is 4.79 Å². The highest BCUT2D eigenvalue weighted by Gasteiger charge is 2.25. The monoisotopic (exact) mass is 457 g/mol. The van der Waals surface area contributed by atoms with Crippen LogP contribution in [0.1, 0.15) is 46.9 Å². The molecule has 0 bridgehead atoms. The first-order valence-corrected chi connectivity index (χ1v) is 11.4. The molecule has 3 rings (SSSR count). The number of hydrogen-bond donors (Lipinski definition) is 2. The van der Waals surface area contributed by atoms with E-state index in [4.69, 9.17) is 4.74 Å². The number of halogens is 1. The van der Waals surface area contributed by atoms with Crippen LogP contribution in [0, 0.1) is 5.82 Å². The van der Waals surface area contributed by atoms with Crippen LogP contribution in [-0.2, 0) is 4.74 Å². The maximum absolute atomic E-state index is 13.1. The molecular formula is C25H32FN3O4. The quantitative estimate of drug-likeness (QED) is 0.523. The molecule has 0 atom stereocenters. The predicted octanol–water partition coefficient (Wildman–Crippen LogP) is 4.10. The average molecular weight is 458 g/mol. The largest absolute Gasteiger partial charge is 0.478 e. The Morgan fingerprint density at radius 1 is 1.18 bits per heavy atom. The minimum atomic E-state index is -1.04. The molecule has 8 heteroatoms. The predicted molar refractivity (Wildman–Crippen MR) is 127 cm³/mol. The number of carboxylic acid groups (broad SMARTS) is 1. The van der Waals surface area contributed by atoms with Crippen molar-refractivity contribution in [3.63, 3.8) is 0 Å². The van der Waals surface area contributed by atoms with E-state index in [0.29, 0.717) is 23.0 Å². The molecule has 2 aromatic rings. The number of anilines is 2. The van der Waals surface area contributed by atoms with Crippen molar-refractivity contribution in [3.8, 4) is 0 Å². The Kier molecular flexibility index (Phi) is 8.79. The SMILES string of the molecule is CCOCCCN(C)C1CCN(c2ccc(NC(=O)c3ccc(F)cc3)cc2C(=O)O)CC1. The van der Waals surface area contributed by atoms with Crippen LogP contribution in [0.3, 0.4) is 0 Å². The van der Waals surface area contributed by atoms with E-state index in [1.807, 2.05) is 6.92 Å². The number of carboxylic acids is 1. The van der Waals surface area contributed by atoms with Gasteiger partial charge in [0, 0.05) is 50.1 Å². The normalized spacial score (nSPS) is 14.5. The highest BCUT2D eigenvalue weighted by atomic mass is 19.1. The van der Waals surface area contributed by atoms with Gasteiger partial charge < -0.3 is 25.0 Å². The molecule has 0 radical (unpaired) electrons. The Bertz CT molecular complexity index is 943. The van der Waals surface area contributed by atoms with Gasteiger partial charge in [0.1, 0.15) is 5.82 Å². The van der Waals surface area contributed by atoms with Gasteiger partial charge in [-0.25, -0.2) is 9.18 Å². The molecule has 1 aliphatic heterocycles. The maximum atomic E-state index is 13.1. The van der Waals surface area contributed by atoms with Crippen LogP contribution in [0.25, 0.3) is 0 Å². The number of carbonyl (C=O) groups excluding carboxylic acids is 1. The molecule has 0 unspecified atom stereocenters. The van der Waals surface area contributed by atoms with Crippen molar-refractivity contribution in [2.45, 2.75) is 32.2 Å². The summed E-state index contributed by atoms with van der Waals surface area (Å²) in [4.78, 5) is 28.8. The molecule has 0 aromatic heterocycles. The average Bonchev–Trinajstić information content (AvgIpc) is 2.82. The molecule has 1 fully saturated rings. The van der Waals surface area contributed by atoms with Crippen LogP contribution >= 0.6 is 0 Å². The maximum Gasteiger partial charge on any atom is 0.337 e. The molecule has 0 saturated carbocycles. The van der Waals surface area contributed by atoms with Crippen LogP contribution < -0.4 is 10.2 Å². The van der Waals surface area contributed by atoms with E-state index in [2.05, 4.69) is 22.2 Å². The number of carbonyl (C=O) groups is 2. The number of ether oxygens (including phenoxy) is 1. The molecule has 1 aliphatic rings. The second-order valence-electron chi connectivity index (χ2n) is 8.25. The molecule has 1 saturated heterocycles. The summed E-state index contributed by atoms with van der Waals surface area (Å²) in [5.74, 6) is -1.89. The van der Waals surface area contributed by atoms with Gasteiger partial charge >= 0.3 is 5.97 Å². The molecule has 2 N–H and O–H groups in total. The van der Waals surface area contributed by atoms with Crippen molar-refractivity contribution in [2.24, 2.45) is 0 Å². The second kappa shape index (κ2) is 11.8.